The third-order valence-corrected chi connectivity index (χ3v) is 5.29. The van der Waals surface area contributed by atoms with E-state index in [0.29, 0.717) is 19.0 Å². The molecule has 8 nitrogen and oxygen atoms in total. The number of urea groups is 1. The average Bonchev–Trinajstić information content (AvgIpc) is 3.34. The number of nitrogens with zero attached hydrogens (tertiary/aromatic N) is 3. The Morgan fingerprint density at radius 3 is 2.70 bits per heavy atom. The van der Waals surface area contributed by atoms with Crippen LogP contribution in [0.15, 0.2) is 24.4 Å². The van der Waals surface area contributed by atoms with Crippen LogP contribution in [0.25, 0.3) is 0 Å². The van der Waals surface area contributed by atoms with Gasteiger partial charge in [0.2, 0.25) is 5.88 Å². The lowest BCUT2D eigenvalue weighted by atomic mass is 9.89. The normalized spacial score (nSPS) is 27.2. The van der Waals surface area contributed by atoms with Crippen molar-refractivity contribution in [3.05, 3.63) is 24.4 Å². The van der Waals surface area contributed by atoms with Crippen molar-refractivity contribution < 1.29 is 24.2 Å². The molecule has 3 saturated heterocycles. The van der Waals surface area contributed by atoms with Crippen LogP contribution in [-0.2, 0) is 9.53 Å². The lowest BCUT2D eigenvalue weighted by molar-refractivity contribution is -0.122. The summed E-state index contributed by atoms with van der Waals surface area (Å²) < 4.78 is 12.1. The first-order valence-corrected chi connectivity index (χ1v) is 9.49. The molecule has 3 aliphatic heterocycles. The van der Waals surface area contributed by atoms with Gasteiger partial charge >= 0.3 is 6.03 Å². The minimum Gasteiger partial charge on any atom is -0.483 e. The molecule has 1 spiro atoms. The van der Waals surface area contributed by atoms with Crippen LogP contribution in [0.5, 0.6) is 5.88 Å². The monoisotopic (exact) mass is 377 g/mol. The van der Waals surface area contributed by atoms with Crippen LogP contribution in [0.1, 0.15) is 32.1 Å². The van der Waals surface area contributed by atoms with Crippen molar-refractivity contribution in [1.82, 2.24) is 14.8 Å². The maximum Gasteiger partial charge on any atom is 0.320 e. The zero-order chi connectivity index (χ0) is 19.1. The SMILES string of the molecule is O=C(N1CCCC1)N1CCC[C@@]2(C[C@@H](Oc3ccccn3)CO2)C1.O=CO. The number of amides is 2. The van der Waals surface area contributed by atoms with E-state index in [0.717, 1.165) is 51.7 Å². The van der Waals surface area contributed by atoms with Gasteiger partial charge < -0.3 is 24.4 Å². The summed E-state index contributed by atoms with van der Waals surface area (Å²) >= 11 is 0. The fourth-order valence-electron chi connectivity index (χ4n) is 4.12. The number of aromatic nitrogens is 1. The number of carbonyl (C=O) groups excluding carboxylic acids is 1. The largest absolute Gasteiger partial charge is 0.483 e. The van der Waals surface area contributed by atoms with E-state index in [1.54, 1.807) is 6.20 Å². The number of carboxylic acid groups (broad SMARTS) is 1. The molecule has 2 amide bonds. The number of hydrogen-bond acceptors (Lipinski definition) is 5. The molecule has 8 heteroatoms. The molecule has 1 aromatic rings. The summed E-state index contributed by atoms with van der Waals surface area (Å²) in [5.74, 6) is 0.643. The Morgan fingerprint density at radius 1 is 1.26 bits per heavy atom. The first-order valence-electron chi connectivity index (χ1n) is 9.49. The Bertz CT molecular complexity index is 623. The van der Waals surface area contributed by atoms with Crippen molar-refractivity contribution in [1.29, 1.82) is 0 Å². The number of piperidine rings is 1. The molecule has 148 valence electrons. The van der Waals surface area contributed by atoms with Crippen molar-refractivity contribution in [2.24, 2.45) is 0 Å². The van der Waals surface area contributed by atoms with Gasteiger partial charge in [0, 0.05) is 38.3 Å². The molecule has 0 aliphatic carbocycles. The van der Waals surface area contributed by atoms with Crippen molar-refractivity contribution in [2.45, 2.75) is 43.8 Å². The number of ether oxygens (including phenoxy) is 2. The van der Waals surface area contributed by atoms with Crippen molar-refractivity contribution in [2.75, 3.05) is 32.8 Å². The smallest absolute Gasteiger partial charge is 0.320 e. The molecular formula is C19H27N3O5. The summed E-state index contributed by atoms with van der Waals surface area (Å²) in [6.07, 6.45) is 6.82. The van der Waals surface area contributed by atoms with Crippen LogP contribution < -0.4 is 4.74 Å². The van der Waals surface area contributed by atoms with Crippen LogP contribution in [0, 0.1) is 0 Å². The van der Waals surface area contributed by atoms with Crippen LogP contribution in [0.3, 0.4) is 0 Å². The van der Waals surface area contributed by atoms with E-state index in [1.807, 2.05) is 28.0 Å². The molecule has 3 aliphatic rings. The molecule has 0 bridgehead atoms. The quantitative estimate of drug-likeness (QED) is 0.793. The molecule has 4 heterocycles. The highest BCUT2D eigenvalue weighted by Gasteiger charge is 2.46. The van der Waals surface area contributed by atoms with E-state index in [4.69, 9.17) is 19.4 Å². The zero-order valence-corrected chi connectivity index (χ0v) is 15.5. The summed E-state index contributed by atoms with van der Waals surface area (Å²) in [4.78, 5) is 29.2. The Labute approximate surface area is 159 Å². The Balaban J connectivity index is 0.000000659. The van der Waals surface area contributed by atoms with Gasteiger partial charge in [0.05, 0.1) is 18.8 Å². The maximum atomic E-state index is 12.7. The second kappa shape index (κ2) is 9.03. The fourth-order valence-corrected chi connectivity index (χ4v) is 4.12. The summed E-state index contributed by atoms with van der Waals surface area (Å²) in [5, 5.41) is 6.89. The number of rotatable bonds is 2. The number of likely N-dealkylation sites (tertiary alicyclic amines) is 2. The van der Waals surface area contributed by atoms with Gasteiger partial charge in [-0.1, -0.05) is 6.07 Å². The third-order valence-electron chi connectivity index (χ3n) is 5.29. The van der Waals surface area contributed by atoms with E-state index in [2.05, 4.69) is 4.98 Å². The Morgan fingerprint density at radius 2 is 2.00 bits per heavy atom. The minimum atomic E-state index is -0.250. The van der Waals surface area contributed by atoms with Gasteiger partial charge in [0.1, 0.15) is 6.10 Å². The van der Waals surface area contributed by atoms with E-state index < -0.39 is 0 Å². The van der Waals surface area contributed by atoms with Crippen LogP contribution in [-0.4, -0.2) is 76.9 Å². The van der Waals surface area contributed by atoms with E-state index in [1.165, 1.54) is 0 Å². The highest BCUT2D eigenvalue weighted by molar-refractivity contribution is 5.75. The number of hydrogen-bond donors (Lipinski definition) is 1. The van der Waals surface area contributed by atoms with Gasteiger partial charge in [0.15, 0.2) is 0 Å². The molecule has 0 saturated carbocycles. The Hall–Kier alpha value is -2.35. The molecule has 4 rings (SSSR count). The van der Waals surface area contributed by atoms with Crippen molar-refractivity contribution >= 4 is 12.5 Å². The first kappa shape index (κ1) is 19.4. The van der Waals surface area contributed by atoms with E-state index in [-0.39, 0.29) is 24.2 Å². The molecular weight excluding hydrogens is 350 g/mol. The van der Waals surface area contributed by atoms with Gasteiger partial charge in [-0.2, -0.15) is 0 Å². The van der Waals surface area contributed by atoms with Crippen LogP contribution in [0.4, 0.5) is 4.79 Å². The van der Waals surface area contributed by atoms with E-state index >= 15 is 0 Å². The summed E-state index contributed by atoms with van der Waals surface area (Å²) in [6.45, 7) is 3.64. The van der Waals surface area contributed by atoms with Gasteiger partial charge in [0.25, 0.3) is 6.47 Å². The van der Waals surface area contributed by atoms with Crippen LogP contribution in [0.2, 0.25) is 0 Å². The van der Waals surface area contributed by atoms with Crippen LogP contribution >= 0.6 is 0 Å². The lowest BCUT2D eigenvalue weighted by Gasteiger charge is -2.40. The minimum absolute atomic E-state index is 0.0155. The second-order valence-corrected chi connectivity index (χ2v) is 7.21. The molecule has 3 fully saturated rings. The zero-order valence-electron chi connectivity index (χ0n) is 15.5. The van der Waals surface area contributed by atoms with E-state index in [9.17, 15) is 4.79 Å². The first-order chi connectivity index (χ1) is 13.2. The highest BCUT2D eigenvalue weighted by Crippen LogP contribution is 2.36. The van der Waals surface area contributed by atoms with Gasteiger partial charge in [-0.15, -0.1) is 0 Å². The molecule has 1 aromatic heterocycles. The fraction of sp³-hybridized carbons (Fsp3) is 0.632. The highest BCUT2D eigenvalue weighted by atomic mass is 16.6. The van der Waals surface area contributed by atoms with Crippen molar-refractivity contribution in [3.8, 4) is 5.88 Å². The summed E-state index contributed by atoms with van der Waals surface area (Å²) in [5.41, 5.74) is -0.243. The lowest BCUT2D eigenvalue weighted by Crippen LogP contribution is -2.53. The topological polar surface area (TPSA) is 92.2 Å². The average molecular weight is 377 g/mol. The molecule has 27 heavy (non-hydrogen) atoms. The molecule has 0 unspecified atom stereocenters. The molecule has 0 radical (unpaired) electrons. The number of carbonyl (C=O) groups is 2. The van der Waals surface area contributed by atoms with Crippen molar-refractivity contribution in [3.63, 3.8) is 0 Å². The predicted molar refractivity (Wildman–Crippen MR) is 97.7 cm³/mol. The molecule has 0 aromatic carbocycles. The molecule has 1 N–H and O–H groups in total. The number of pyridine rings is 1. The summed E-state index contributed by atoms with van der Waals surface area (Å²) in [7, 11) is 0. The second-order valence-electron chi connectivity index (χ2n) is 7.21. The van der Waals surface area contributed by atoms with Gasteiger partial charge in [-0.05, 0) is 31.7 Å². The third kappa shape index (κ3) is 4.88. The van der Waals surface area contributed by atoms with Gasteiger partial charge in [-0.3, -0.25) is 4.79 Å². The molecule has 2 atom stereocenters. The Kier molecular flexibility index (Phi) is 6.49. The summed E-state index contributed by atoms with van der Waals surface area (Å²) in [6, 6.07) is 5.85. The predicted octanol–water partition coefficient (Wildman–Crippen LogP) is 2.00. The van der Waals surface area contributed by atoms with Gasteiger partial charge in [-0.25, -0.2) is 9.78 Å². The standard InChI is InChI=1S/C18H25N3O3.CH2O2/c22-17(20-9-3-4-10-20)21-11-5-7-18(14-21)12-15(13-23-18)24-16-6-1-2-8-19-16;2-1-3/h1-2,6,8,15H,3-5,7,9-14H2;1H,(H,2,3)/t15-,18-;/m1./s1. The maximum absolute atomic E-state index is 12.7.